The van der Waals surface area contributed by atoms with Crippen LogP contribution in [0.1, 0.15) is 34.4 Å². The summed E-state index contributed by atoms with van der Waals surface area (Å²) in [4.78, 5) is 13.9. The number of carbonyl (C=O) groups is 1. The highest BCUT2D eigenvalue weighted by molar-refractivity contribution is 7.10. The predicted octanol–water partition coefficient (Wildman–Crippen LogP) is 4.23. The largest absolute Gasteiger partial charge is 0.457 e. The van der Waals surface area contributed by atoms with Crippen LogP contribution in [0.3, 0.4) is 0 Å². The number of hydrogen-bond acceptors (Lipinski definition) is 4. The smallest absolute Gasteiger partial charge is 0.232 e. The molecule has 0 fully saturated rings. The van der Waals surface area contributed by atoms with Crippen LogP contribution >= 0.6 is 11.3 Å². The van der Waals surface area contributed by atoms with E-state index in [4.69, 9.17) is 4.74 Å². The van der Waals surface area contributed by atoms with Gasteiger partial charge in [-0.25, -0.2) is 0 Å². The van der Waals surface area contributed by atoms with Crippen LogP contribution in [-0.4, -0.2) is 17.6 Å². The molecule has 0 spiro atoms. The van der Waals surface area contributed by atoms with Crippen LogP contribution in [0.15, 0.2) is 66.0 Å². The molecule has 0 aliphatic carbocycles. The third-order valence-corrected chi connectivity index (χ3v) is 5.50. The molecule has 3 aromatic rings. The van der Waals surface area contributed by atoms with Gasteiger partial charge in [0.25, 0.3) is 0 Å². The number of aliphatic hydroxyl groups excluding tert-OH is 1. The van der Waals surface area contributed by atoms with Gasteiger partial charge in [0.2, 0.25) is 5.91 Å². The van der Waals surface area contributed by atoms with Crippen LogP contribution < -0.4 is 10.1 Å². The number of rotatable bonds is 5. The Morgan fingerprint density at radius 2 is 1.69 bits per heavy atom. The van der Waals surface area contributed by atoms with Gasteiger partial charge in [-0.1, -0.05) is 42.5 Å². The Balaban J connectivity index is 1.50. The molecule has 1 unspecified atom stereocenters. The van der Waals surface area contributed by atoms with Crippen LogP contribution in [0.2, 0.25) is 0 Å². The van der Waals surface area contributed by atoms with E-state index in [-0.39, 0.29) is 5.91 Å². The highest BCUT2D eigenvalue weighted by atomic mass is 32.1. The zero-order valence-electron chi connectivity index (χ0n) is 14.1. The van der Waals surface area contributed by atoms with Crippen molar-refractivity contribution < 1.29 is 14.6 Å². The summed E-state index contributed by atoms with van der Waals surface area (Å²) < 4.78 is 5.93. The normalized spacial score (nSPS) is 14.0. The molecule has 1 amide bonds. The van der Waals surface area contributed by atoms with Crippen molar-refractivity contribution in [1.82, 2.24) is 5.32 Å². The summed E-state index contributed by atoms with van der Waals surface area (Å²) in [5.41, 5.74) is 1.73. The number of aliphatic hydroxyl groups is 1. The number of ether oxygens (including phenoxy) is 1. The minimum Gasteiger partial charge on any atom is -0.457 e. The first kappa shape index (κ1) is 16.8. The summed E-state index contributed by atoms with van der Waals surface area (Å²) >= 11 is 1.52. The van der Waals surface area contributed by atoms with Crippen LogP contribution in [0, 0.1) is 0 Å². The topological polar surface area (TPSA) is 58.6 Å². The first-order valence-electron chi connectivity index (χ1n) is 8.59. The van der Waals surface area contributed by atoms with E-state index in [1.165, 1.54) is 11.3 Å². The number of thiophene rings is 1. The van der Waals surface area contributed by atoms with E-state index in [0.29, 0.717) is 24.5 Å². The van der Waals surface area contributed by atoms with Crippen molar-refractivity contribution in [2.24, 2.45) is 0 Å². The van der Waals surface area contributed by atoms with Gasteiger partial charge in [-0.2, -0.15) is 0 Å². The summed E-state index contributed by atoms with van der Waals surface area (Å²) in [5, 5.41) is 15.1. The second-order valence-corrected chi connectivity index (χ2v) is 7.20. The fourth-order valence-corrected chi connectivity index (χ4v) is 4.00. The third-order valence-electron chi connectivity index (χ3n) is 4.53. The molecule has 4 nitrogen and oxygen atoms in total. The number of hydrogen-bond donors (Lipinski definition) is 2. The van der Waals surface area contributed by atoms with E-state index in [9.17, 15) is 9.90 Å². The van der Waals surface area contributed by atoms with Gasteiger partial charge in [0.1, 0.15) is 11.5 Å². The Hall–Kier alpha value is -2.63. The van der Waals surface area contributed by atoms with Crippen LogP contribution in [0.5, 0.6) is 11.5 Å². The van der Waals surface area contributed by atoms with Crippen LogP contribution in [0.25, 0.3) is 0 Å². The van der Waals surface area contributed by atoms with Gasteiger partial charge in [0.05, 0.1) is 12.0 Å². The van der Waals surface area contributed by atoms with Gasteiger partial charge in [0, 0.05) is 22.5 Å². The van der Waals surface area contributed by atoms with Crippen molar-refractivity contribution in [2.75, 3.05) is 6.54 Å². The molecule has 4 rings (SSSR count). The van der Waals surface area contributed by atoms with Gasteiger partial charge in [-0.05, 0) is 30.0 Å². The molecule has 0 radical (unpaired) electrons. The number of para-hydroxylation sites is 2. The van der Waals surface area contributed by atoms with Crippen molar-refractivity contribution in [3.05, 3.63) is 82.0 Å². The second-order valence-electron chi connectivity index (χ2n) is 6.22. The molecule has 0 saturated heterocycles. The predicted molar refractivity (Wildman–Crippen MR) is 102 cm³/mol. The molecule has 1 atom stereocenters. The highest BCUT2D eigenvalue weighted by Crippen LogP contribution is 2.43. The average molecular weight is 365 g/mol. The lowest BCUT2D eigenvalue weighted by atomic mass is 9.87. The van der Waals surface area contributed by atoms with E-state index < -0.39 is 12.0 Å². The molecule has 26 heavy (non-hydrogen) atoms. The van der Waals surface area contributed by atoms with Crippen molar-refractivity contribution in [1.29, 1.82) is 0 Å². The Morgan fingerprint density at radius 1 is 1.04 bits per heavy atom. The third kappa shape index (κ3) is 3.23. The Morgan fingerprint density at radius 3 is 2.31 bits per heavy atom. The maximum atomic E-state index is 12.9. The molecule has 1 aliphatic rings. The lowest BCUT2D eigenvalue weighted by Crippen LogP contribution is -2.32. The van der Waals surface area contributed by atoms with Crippen molar-refractivity contribution in [2.45, 2.75) is 18.4 Å². The summed E-state index contributed by atoms with van der Waals surface area (Å²) in [5.74, 6) is 0.941. The fraction of sp³-hybridized carbons (Fsp3) is 0.190. The van der Waals surface area contributed by atoms with Gasteiger partial charge in [0.15, 0.2) is 0 Å². The number of nitrogens with one attached hydrogen (secondary N) is 1. The summed E-state index contributed by atoms with van der Waals surface area (Å²) in [6.07, 6.45) is -0.0664. The number of amides is 1. The molecule has 2 N–H and O–H groups in total. The Bertz CT molecular complexity index is 862. The lowest BCUT2D eigenvalue weighted by Gasteiger charge is -2.27. The van der Waals surface area contributed by atoms with E-state index >= 15 is 0 Å². The monoisotopic (exact) mass is 365 g/mol. The van der Waals surface area contributed by atoms with Gasteiger partial charge < -0.3 is 15.2 Å². The van der Waals surface area contributed by atoms with Crippen molar-refractivity contribution >= 4 is 17.2 Å². The zero-order valence-corrected chi connectivity index (χ0v) is 14.9. The van der Waals surface area contributed by atoms with Gasteiger partial charge >= 0.3 is 0 Å². The summed E-state index contributed by atoms with van der Waals surface area (Å²) in [7, 11) is 0. The maximum Gasteiger partial charge on any atom is 0.232 e. The minimum atomic E-state index is -0.551. The summed E-state index contributed by atoms with van der Waals surface area (Å²) in [6, 6.07) is 19.1. The molecule has 5 heteroatoms. The van der Waals surface area contributed by atoms with E-state index in [0.717, 1.165) is 16.0 Å². The number of fused-ring (bicyclic) bond motifs is 2. The molecule has 2 heterocycles. The standard InChI is InChI=1S/C21H19NO3S/c23-16(19-10-5-13-26-19)11-12-22-21(24)20-14-6-1-3-8-17(14)25-18-9-4-2-7-15(18)20/h1-10,13,16,20,23H,11-12H2,(H,22,24). The van der Waals surface area contributed by atoms with E-state index in [2.05, 4.69) is 5.32 Å². The average Bonchev–Trinajstić information content (AvgIpc) is 3.20. The molecular weight excluding hydrogens is 346 g/mol. The molecule has 1 aromatic heterocycles. The lowest BCUT2D eigenvalue weighted by molar-refractivity contribution is -0.121. The van der Waals surface area contributed by atoms with Crippen LogP contribution in [0.4, 0.5) is 0 Å². The van der Waals surface area contributed by atoms with Crippen molar-refractivity contribution in [3.63, 3.8) is 0 Å². The molecular formula is C21H19NO3S. The van der Waals surface area contributed by atoms with E-state index in [1.54, 1.807) is 0 Å². The molecule has 0 bridgehead atoms. The molecule has 0 saturated carbocycles. The SMILES string of the molecule is O=C(NCCC(O)c1cccs1)C1c2ccccc2Oc2ccccc21. The first-order valence-corrected chi connectivity index (χ1v) is 9.47. The molecule has 132 valence electrons. The second kappa shape index (κ2) is 7.32. The first-order chi connectivity index (χ1) is 12.7. The fourth-order valence-electron chi connectivity index (χ4n) is 3.25. The highest BCUT2D eigenvalue weighted by Gasteiger charge is 2.32. The summed E-state index contributed by atoms with van der Waals surface area (Å²) in [6.45, 7) is 0.416. The molecule has 1 aliphatic heterocycles. The quantitative estimate of drug-likeness (QED) is 0.711. The van der Waals surface area contributed by atoms with Crippen molar-refractivity contribution in [3.8, 4) is 11.5 Å². The Kier molecular flexibility index (Phi) is 4.73. The van der Waals surface area contributed by atoms with E-state index in [1.807, 2.05) is 66.0 Å². The zero-order chi connectivity index (χ0) is 17.9. The number of benzene rings is 2. The number of carbonyl (C=O) groups excluding carboxylic acids is 1. The van der Waals surface area contributed by atoms with Crippen LogP contribution in [-0.2, 0) is 4.79 Å². The minimum absolute atomic E-state index is 0.0772. The van der Waals surface area contributed by atoms with Gasteiger partial charge in [-0.3, -0.25) is 4.79 Å². The Labute approximate surface area is 156 Å². The maximum absolute atomic E-state index is 12.9. The van der Waals surface area contributed by atoms with Gasteiger partial charge in [-0.15, -0.1) is 11.3 Å². The molecule has 2 aromatic carbocycles.